The molecule has 0 saturated heterocycles. The zero-order chi connectivity index (χ0) is 12.8. The maximum Gasteiger partial charge on any atom is 0.252 e. The molecule has 1 fully saturated rings. The fourth-order valence-corrected chi connectivity index (χ4v) is 2.21. The highest BCUT2D eigenvalue weighted by atomic mass is 16.5. The summed E-state index contributed by atoms with van der Waals surface area (Å²) in [6.45, 7) is 2.43. The average molecular weight is 252 g/mol. The molecule has 1 aliphatic rings. The van der Waals surface area contributed by atoms with Crippen molar-refractivity contribution in [2.45, 2.75) is 45.1 Å². The zero-order valence-electron chi connectivity index (χ0n) is 10.8. The van der Waals surface area contributed by atoms with E-state index in [0.29, 0.717) is 18.6 Å². The number of hydrogen-bond acceptors (Lipinski definition) is 4. The highest BCUT2D eigenvalue weighted by Crippen LogP contribution is 2.27. The topological polar surface area (TPSA) is 69.0 Å². The zero-order valence-corrected chi connectivity index (χ0v) is 10.8. The Bertz CT molecular complexity index is 385. The molecule has 0 bridgehead atoms. The normalized spacial score (nSPS) is 16.7. The van der Waals surface area contributed by atoms with Crippen LogP contribution in [0.2, 0.25) is 0 Å². The molecule has 1 aliphatic carbocycles. The summed E-state index contributed by atoms with van der Waals surface area (Å²) in [4.78, 5) is 15.5. The van der Waals surface area contributed by atoms with Gasteiger partial charge in [-0.05, 0) is 19.8 Å². The summed E-state index contributed by atoms with van der Waals surface area (Å²) < 4.78 is 6.89. The van der Waals surface area contributed by atoms with Crippen LogP contribution in [-0.4, -0.2) is 33.9 Å². The molecular formula is C12H20N4O2. The number of ether oxygens (including phenoxy) is 1. The van der Waals surface area contributed by atoms with Crippen LogP contribution in [0.4, 0.5) is 5.95 Å². The second-order valence-corrected chi connectivity index (χ2v) is 4.53. The quantitative estimate of drug-likeness (QED) is 0.867. The SMILES string of the molecule is CCOCC(=O)Nc1ncn(C2CCCCC2)n1. The Morgan fingerprint density at radius 3 is 3.00 bits per heavy atom. The van der Waals surface area contributed by atoms with Crippen molar-refractivity contribution in [3.05, 3.63) is 6.33 Å². The van der Waals surface area contributed by atoms with Crippen molar-refractivity contribution < 1.29 is 9.53 Å². The molecule has 6 nitrogen and oxygen atoms in total. The van der Waals surface area contributed by atoms with Gasteiger partial charge in [-0.2, -0.15) is 0 Å². The number of hydrogen-bond donors (Lipinski definition) is 1. The van der Waals surface area contributed by atoms with E-state index in [2.05, 4.69) is 15.4 Å². The van der Waals surface area contributed by atoms with Gasteiger partial charge in [0.15, 0.2) is 0 Å². The van der Waals surface area contributed by atoms with E-state index in [1.165, 1.54) is 19.3 Å². The fraction of sp³-hybridized carbons (Fsp3) is 0.750. The van der Waals surface area contributed by atoms with Crippen molar-refractivity contribution in [2.75, 3.05) is 18.5 Å². The lowest BCUT2D eigenvalue weighted by atomic mass is 9.96. The van der Waals surface area contributed by atoms with Gasteiger partial charge in [-0.25, -0.2) is 9.67 Å². The first kappa shape index (κ1) is 13.0. The molecule has 0 unspecified atom stereocenters. The van der Waals surface area contributed by atoms with E-state index in [-0.39, 0.29) is 12.5 Å². The predicted octanol–water partition coefficient (Wildman–Crippen LogP) is 1.76. The van der Waals surface area contributed by atoms with Gasteiger partial charge in [0.1, 0.15) is 12.9 Å². The van der Waals surface area contributed by atoms with Crippen LogP contribution in [0.1, 0.15) is 45.1 Å². The Hall–Kier alpha value is -1.43. The Balaban J connectivity index is 1.87. The van der Waals surface area contributed by atoms with Gasteiger partial charge in [-0.3, -0.25) is 10.1 Å². The molecule has 1 aromatic heterocycles. The van der Waals surface area contributed by atoms with E-state index in [0.717, 1.165) is 12.8 Å². The van der Waals surface area contributed by atoms with Crippen LogP contribution in [0.25, 0.3) is 0 Å². The summed E-state index contributed by atoms with van der Waals surface area (Å²) in [6, 6.07) is 0.434. The van der Waals surface area contributed by atoms with Crippen LogP contribution in [0, 0.1) is 0 Å². The summed E-state index contributed by atoms with van der Waals surface area (Å²) in [7, 11) is 0. The number of nitrogens with zero attached hydrogens (tertiary/aromatic N) is 3. The number of anilines is 1. The minimum atomic E-state index is -0.210. The molecule has 0 atom stereocenters. The van der Waals surface area contributed by atoms with E-state index in [1.807, 2.05) is 11.6 Å². The molecule has 1 amide bonds. The van der Waals surface area contributed by atoms with Crippen molar-refractivity contribution in [2.24, 2.45) is 0 Å². The first-order valence-electron chi connectivity index (χ1n) is 6.58. The molecule has 1 heterocycles. The van der Waals surface area contributed by atoms with Crippen molar-refractivity contribution in [3.8, 4) is 0 Å². The Labute approximate surface area is 107 Å². The van der Waals surface area contributed by atoms with Crippen molar-refractivity contribution in [1.29, 1.82) is 0 Å². The largest absolute Gasteiger partial charge is 0.372 e. The molecular weight excluding hydrogens is 232 g/mol. The van der Waals surface area contributed by atoms with Gasteiger partial charge in [0.25, 0.3) is 5.91 Å². The molecule has 100 valence electrons. The Kier molecular flexibility index (Phi) is 4.69. The molecule has 2 rings (SSSR count). The Morgan fingerprint density at radius 2 is 2.28 bits per heavy atom. The standard InChI is InChI=1S/C12H20N4O2/c1-2-18-8-11(17)14-12-13-9-16(15-12)10-6-4-3-5-7-10/h9-10H,2-8H2,1H3,(H,14,15,17). The number of rotatable bonds is 5. The molecule has 18 heavy (non-hydrogen) atoms. The number of carbonyl (C=O) groups excluding carboxylic acids is 1. The van der Waals surface area contributed by atoms with Crippen LogP contribution in [0.3, 0.4) is 0 Å². The molecule has 0 aliphatic heterocycles. The van der Waals surface area contributed by atoms with E-state index in [9.17, 15) is 4.79 Å². The molecule has 1 aromatic rings. The summed E-state index contributed by atoms with van der Waals surface area (Å²) >= 11 is 0. The number of nitrogens with one attached hydrogen (secondary N) is 1. The third kappa shape index (κ3) is 3.53. The minimum Gasteiger partial charge on any atom is -0.372 e. The molecule has 1 saturated carbocycles. The second-order valence-electron chi connectivity index (χ2n) is 4.53. The van der Waals surface area contributed by atoms with Gasteiger partial charge in [-0.1, -0.05) is 19.3 Å². The number of aromatic nitrogens is 3. The average Bonchev–Trinajstić information content (AvgIpc) is 2.86. The van der Waals surface area contributed by atoms with Gasteiger partial charge in [0, 0.05) is 6.61 Å². The summed E-state index contributed by atoms with van der Waals surface area (Å²) in [5.74, 6) is 0.156. The number of carbonyl (C=O) groups is 1. The lowest BCUT2D eigenvalue weighted by Crippen LogP contribution is -2.19. The molecule has 1 N–H and O–H groups in total. The summed E-state index contributed by atoms with van der Waals surface area (Å²) in [6.07, 6.45) is 7.80. The smallest absolute Gasteiger partial charge is 0.252 e. The highest BCUT2D eigenvalue weighted by Gasteiger charge is 2.17. The maximum absolute atomic E-state index is 11.4. The lowest BCUT2D eigenvalue weighted by molar-refractivity contribution is -0.120. The van der Waals surface area contributed by atoms with Crippen LogP contribution < -0.4 is 5.32 Å². The molecule has 6 heteroatoms. The lowest BCUT2D eigenvalue weighted by Gasteiger charge is -2.21. The minimum absolute atomic E-state index is 0.0501. The van der Waals surface area contributed by atoms with Crippen LogP contribution in [-0.2, 0) is 9.53 Å². The van der Waals surface area contributed by atoms with Crippen LogP contribution >= 0.6 is 0 Å². The number of amides is 1. The van der Waals surface area contributed by atoms with E-state index < -0.39 is 0 Å². The Morgan fingerprint density at radius 1 is 1.50 bits per heavy atom. The van der Waals surface area contributed by atoms with Gasteiger partial charge < -0.3 is 4.74 Å². The first-order valence-corrected chi connectivity index (χ1v) is 6.58. The van der Waals surface area contributed by atoms with E-state index in [1.54, 1.807) is 6.33 Å². The van der Waals surface area contributed by atoms with Crippen LogP contribution in [0.15, 0.2) is 6.33 Å². The van der Waals surface area contributed by atoms with E-state index >= 15 is 0 Å². The fourth-order valence-electron chi connectivity index (χ4n) is 2.21. The first-order chi connectivity index (χ1) is 8.79. The summed E-state index contributed by atoms with van der Waals surface area (Å²) in [5.41, 5.74) is 0. The van der Waals surface area contributed by atoms with Gasteiger partial charge in [-0.15, -0.1) is 5.10 Å². The van der Waals surface area contributed by atoms with Crippen molar-refractivity contribution >= 4 is 11.9 Å². The third-order valence-electron chi connectivity index (χ3n) is 3.15. The van der Waals surface area contributed by atoms with Gasteiger partial charge in [0.05, 0.1) is 6.04 Å². The van der Waals surface area contributed by atoms with Gasteiger partial charge in [0.2, 0.25) is 5.95 Å². The second kappa shape index (κ2) is 6.49. The van der Waals surface area contributed by atoms with E-state index in [4.69, 9.17) is 4.74 Å². The summed E-state index contributed by atoms with van der Waals surface area (Å²) in [5, 5.41) is 6.93. The molecule has 0 aromatic carbocycles. The van der Waals surface area contributed by atoms with Crippen LogP contribution in [0.5, 0.6) is 0 Å². The molecule has 0 spiro atoms. The maximum atomic E-state index is 11.4. The van der Waals surface area contributed by atoms with Gasteiger partial charge >= 0.3 is 0 Å². The van der Waals surface area contributed by atoms with Crippen molar-refractivity contribution in [1.82, 2.24) is 14.8 Å². The molecule has 0 radical (unpaired) electrons. The van der Waals surface area contributed by atoms with Crippen molar-refractivity contribution in [3.63, 3.8) is 0 Å². The predicted molar refractivity (Wildman–Crippen MR) is 67.3 cm³/mol. The highest BCUT2D eigenvalue weighted by molar-refractivity contribution is 5.89. The third-order valence-corrected chi connectivity index (χ3v) is 3.15. The monoisotopic (exact) mass is 252 g/mol.